The molecule has 106 valence electrons. The van der Waals surface area contributed by atoms with Gasteiger partial charge in [-0.3, -0.25) is 0 Å². The summed E-state index contributed by atoms with van der Waals surface area (Å²) in [6, 6.07) is 2.20. The van der Waals surface area contributed by atoms with E-state index in [1.807, 2.05) is 6.07 Å². The Kier molecular flexibility index (Phi) is 3.76. The Labute approximate surface area is 117 Å². The van der Waals surface area contributed by atoms with Crippen LogP contribution in [0.3, 0.4) is 0 Å². The van der Waals surface area contributed by atoms with Gasteiger partial charge in [-0.25, -0.2) is 4.68 Å². The van der Waals surface area contributed by atoms with E-state index in [0.717, 1.165) is 25.8 Å². The lowest BCUT2D eigenvalue weighted by molar-refractivity contribution is 0.108. The summed E-state index contributed by atoms with van der Waals surface area (Å²) in [5.74, 6) is 1.000. The largest absolute Gasteiger partial charge is 0.460 e. The van der Waals surface area contributed by atoms with Crippen LogP contribution in [0.15, 0.2) is 18.5 Å². The highest BCUT2D eigenvalue weighted by atomic mass is 16.5. The van der Waals surface area contributed by atoms with Crippen LogP contribution in [0.1, 0.15) is 32.6 Å². The Morgan fingerprint density at radius 1 is 1.35 bits per heavy atom. The molecule has 20 heavy (non-hydrogen) atoms. The van der Waals surface area contributed by atoms with E-state index < -0.39 is 0 Å². The molecular formula is C13H18N6O. The maximum atomic E-state index is 5.77. The van der Waals surface area contributed by atoms with Gasteiger partial charge in [0.15, 0.2) is 0 Å². The van der Waals surface area contributed by atoms with E-state index in [2.05, 4.69) is 32.3 Å². The molecule has 1 aliphatic carbocycles. The van der Waals surface area contributed by atoms with Crippen molar-refractivity contribution in [3.05, 3.63) is 18.5 Å². The van der Waals surface area contributed by atoms with Crippen LogP contribution in [0, 0.1) is 0 Å². The molecule has 7 heteroatoms. The topological polar surface area (TPSA) is 77.8 Å². The van der Waals surface area contributed by atoms with E-state index in [0.29, 0.717) is 17.9 Å². The van der Waals surface area contributed by atoms with Gasteiger partial charge in [-0.05, 0) is 31.7 Å². The van der Waals surface area contributed by atoms with Crippen molar-refractivity contribution in [2.24, 2.45) is 0 Å². The van der Waals surface area contributed by atoms with Crippen molar-refractivity contribution in [1.82, 2.24) is 24.7 Å². The minimum Gasteiger partial charge on any atom is -0.460 e. The predicted molar refractivity (Wildman–Crippen MR) is 74.0 cm³/mol. The van der Waals surface area contributed by atoms with Crippen molar-refractivity contribution in [3.63, 3.8) is 0 Å². The molecule has 0 unspecified atom stereocenters. The predicted octanol–water partition coefficient (Wildman–Crippen LogP) is 1.81. The molecule has 0 radical (unpaired) electrons. The summed E-state index contributed by atoms with van der Waals surface area (Å²) in [7, 11) is 0. The van der Waals surface area contributed by atoms with E-state index >= 15 is 0 Å². The summed E-state index contributed by atoms with van der Waals surface area (Å²) in [6.07, 6.45) is 8.08. The van der Waals surface area contributed by atoms with Gasteiger partial charge in [-0.2, -0.15) is 20.1 Å². The first-order valence-electron chi connectivity index (χ1n) is 7.02. The Bertz CT molecular complexity index is 552. The molecule has 2 heterocycles. The highest BCUT2D eigenvalue weighted by Gasteiger charge is 2.21. The van der Waals surface area contributed by atoms with Crippen LogP contribution in [0.4, 0.5) is 5.95 Å². The lowest BCUT2D eigenvalue weighted by Crippen LogP contribution is -2.26. The quantitative estimate of drug-likeness (QED) is 0.865. The van der Waals surface area contributed by atoms with Gasteiger partial charge in [0.2, 0.25) is 5.95 Å². The zero-order valence-electron chi connectivity index (χ0n) is 11.5. The molecule has 1 fully saturated rings. The third-order valence-corrected chi connectivity index (χ3v) is 3.17. The van der Waals surface area contributed by atoms with Gasteiger partial charge in [-0.15, -0.1) is 0 Å². The fourth-order valence-electron chi connectivity index (χ4n) is 1.84. The number of hydrogen-bond donors (Lipinski definition) is 1. The van der Waals surface area contributed by atoms with Crippen molar-refractivity contribution in [2.75, 3.05) is 11.9 Å². The van der Waals surface area contributed by atoms with Crippen molar-refractivity contribution in [3.8, 4) is 12.0 Å². The minimum absolute atomic E-state index is 0.238. The molecule has 3 rings (SSSR count). The lowest BCUT2D eigenvalue weighted by atomic mass is 9.96. The fraction of sp³-hybridized carbons (Fsp3) is 0.538. The van der Waals surface area contributed by atoms with Crippen molar-refractivity contribution in [1.29, 1.82) is 0 Å². The molecule has 2 aromatic rings. The second kappa shape index (κ2) is 5.85. The Hall–Kier alpha value is -2.18. The first-order valence-corrected chi connectivity index (χ1v) is 7.02. The molecule has 1 saturated carbocycles. The van der Waals surface area contributed by atoms with E-state index in [4.69, 9.17) is 4.74 Å². The second-order valence-corrected chi connectivity index (χ2v) is 4.79. The second-order valence-electron chi connectivity index (χ2n) is 4.79. The molecule has 0 aromatic carbocycles. The number of nitrogens with one attached hydrogen (secondary N) is 1. The summed E-state index contributed by atoms with van der Waals surface area (Å²) in [5, 5.41) is 7.31. The molecule has 7 nitrogen and oxygen atoms in total. The fourth-order valence-corrected chi connectivity index (χ4v) is 1.84. The SMILES string of the molecule is CCCNc1nc(OC2CCC2)nc(-n2cccn2)n1. The zero-order chi connectivity index (χ0) is 13.8. The third kappa shape index (κ3) is 2.87. The van der Waals surface area contributed by atoms with Gasteiger partial charge in [0, 0.05) is 18.9 Å². The summed E-state index contributed by atoms with van der Waals surface area (Å²) >= 11 is 0. The number of ether oxygens (including phenoxy) is 1. The van der Waals surface area contributed by atoms with E-state index in [1.54, 1.807) is 17.1 Å². The van der Waals surface area contributed by atoms with E-state index in [9.17, 15) is 0 Å². The first-order chi connectivity index (χ1) is 9.85. The Balaban J connectivity index is 1.85. The Morgan fingerprint density at radius 2 is 2.25 bits per heavy atom. The van der Waals surface area contributed by atoms with Gasteiger partial charge in [0.1, 0.15) is 6.10 Å². The van der Waals surface area contributed by atoms with Gasteiger partial charge in [-0.1, -0.05) is 6.92 Å². The number of aromatic nitrogens is 5. The molecule has 2 aromatic heterocycles. The van der Waals surface area contributed by atoms with Crippen LogP contribution in [-0.4, -0.2) is 37.4 Å². The van der Waals surface area contributed by atoms with Gasteiger partial charge >= 0.3 is 6.01 Å². The maximum absolute atomic E-state index is 5.77. The average molecular weight is 274 g/mol. The highest BCUT2D eigenvalue weighted by molar-refractivity contribution is 5.30. The number of anilines is 1. The standard InChI is InChI=1S/C13H18N6O/c1-2-7-14-11-16-12(19-9-4-8-15-19)18-13(17-11)20-10-5-3-6-10/h4,8-10H,2-3,5-7H2,1H3,(H,14,16,17,18). The maximum Gasteiger partial charge on any atom is 0.323 e. The highest BCUT2D eigenvalue weighted by Crippen LogP contribution is 2.23. The summed E-state index contributed by atoms with van der Waals surface area (Å²) < 4.78 is 7.37. The van der Waals surface area contributed by atoms with Crippen LogP contribution in [0.2, 0.25) is 0 Å². The molecule has 0 amide bonds. The molecule has 0 saturated heterocycles. The van der Waals surface area contributed by atoms with E-state index in [-0.39, 0.29) is 6.10 Å². The molecule has 1 aliphatic rings. The van der Waals surface area contributed by atoms with Crippen molar-refractivity contribution < 1.29 is 4.74 Å². The minimum atomic E-state index is 0.238. The number of nitrogens with zero attached hydrogens (tertiary/aromatic N) is 5. The average Bonchev–Trinajstić information content (AvgIpc) is 2.94. The van der Waals surface area contributed by atoms with Gasteiger partial charge < -0.3 is 10.1 Å². The Morgan fingerprint density at radius 3 is 2.90 bits per heavy atom. The molecular weight excluding hydrogens is 256 g/mol. The van der Waals surface area contributed by atoms with Crippen LogP contribution in [-0.2, 0) is 0 Å². The van der Waals surface area contributed by atoms with E-state index in [1.165, 1.54) is 6.42 Å². The summed E-state index contributed by atoms with van der Waals surface area (Å²) in [4.78, 5) is 13.0. The monoisotopic (exact) mass is 274 g/mol. The normalized spacial score (nSPS) is 14.8. The number of rotatable bonds is 6. The van der Waals surface area contributed by atoms with Crippen LogP contribution in [0.5, 0.6) is 6.01 Å². The molecule has 0 atom stereocenters. The van der Waals surface area contributed by atoms with Crippen molar-refractivity contribution in [2.45, 2.75) is 38.7 Å². The zero-order valence-corrected chi connectivity index (χ0v) is 11.5. The van der Waals surface area contributed by atoms with Gasteiger partial charge in [0.05, 0.1) is 0 Å². The van der Waals surface area contributed by atoms with Crippen LogP contribution >= 0.6 is 0 Å². The van der Waals surface area contributed by atoms with Crippen LogP contribution in [0.25, 0.3) is 5.95 Å². The number of hydrogen-bond acceptors (Lipinski definition) is 6. The molecule has 0 aliphatic heterocycles. The lowest BCUT2D eigenvalue weighted by Gasteiger charge is -2.25. The molecule has 0 bridgehead atoms. The first kappa shape index (κ1) is 12.8. The summed E-state index contributed by atoms with van der Waals surface area (Å²) in [6.45, 7) is 2.90. The van der Waals surface area contributed by atoms with Crippen LogP contribution < -0.4 is 10.1 Å². The smallest absolute Gasteiger partial charge is 0.323 e. The van der Waals surface area contributed by atoms with Crippen molar-refractivity contribution >= 4 is 5.95 Å². The third-order valence-electron chi connectivity index (χ3n) is 3.17. The molecule has 0 spiro atoms. The molecule has 1 N–H and O–H groups in total. The van der Waals surface area contributed by atoms with Gasteiger partial charge in [0.25, 0.3) is 5.95 Å². The summed E-state index contributed by atoms with van der Waals surface area (Å²) in [5.41, 5.74) is 0.